The van der Waals surface area contributed by atoms with Gasteiger partial charge in [-0.2, -0.15) is 5.26 Å². The topological polar surface area (TPSA) is 44.1 Å². The fraction of sp³-hybridized carbons (Fsp3) is 0.176. The molecule has 0 bridgehead atoms. The highest BCUT2D eigenvalue weighted by molar-refractivity contribution is 9.10. The molecule has 0 saturated heterocycles. The summed E-state index contributed by atoms with van der Waals surface area (Å²) in [6, 6.07) is 13.2. The molecule has 0 aliphatic carbocycles. The van der Waals surface area contributed by atoms with Gasteiger partial charge in [0.25, 0.3) is 5.91 Å². The molecule has 1 amide bonds. The maximum atomic E-state index is 13.8. The summed E-state index contributed by atoms with van der Waals surface area (Å²) in [4.78, 5) is 14.1. The lowest BCUT2D eigenvalue weighted by Gasteiger charge is -2.21. The normalized spacial score (nSPS) is 10.1. The van der Waals surface area contributed by atoms with Gasteiger partial charge in [-0.15, -0.1) is 0 Å². The largest absolute Gasteiger partial charge is 0.334 e. The smallest absolute Gasteiger partial charge is 0.254 e. The van der Waals surface area contributed by atoms with Gasteiger partial charge < -0.3 is 4.90 Å². The van der Waals surface area contributed by atoms with E-state index in [1.54, 1.807) is 41.3 Å². The van der Waals surface area contributed by atoms with Gasteiger partial charge in [0, 0.05) is 28.7 Å². The first kappa shape index (κ1) is 16.2. The molecule has 0 N–H and O–H groups in total. The minimum Gasteiger partial charge on any atom is -0.334 e. The standard InChI is InChI=1S/C17H14BrFN2O/c1-2-21(11-14-9-15(18)6-7-16(14)19)17(22)13-5-3-4-12(8-13)10-20/h3-9H,2,11H2,1H3. The molecular formula is C17H14BrFN2O. The zero-order valence-electron chi connectivity index (χ0n) is 12.0. The number of amides is 1. The Morgan fingerprint density at radius 1 is 1.32 bits per heavy atom. The Labute approximate surface area is 137 Å². The van der Waals surface area contributed by atoms with E-state index in [-0.39, 0.29) is 18.3 Å². The summed E-state index contributed by atoms with van der Waals surface area (Å²) in [5.41, 5.74) is 1.30. The molecule has 0 heterocycles. The molecule has 2 rings (SSSR count). The van der Waals surface area contributed by atoms with Crippen molar-refractivity contribution in [2.45, 2.75) is 13.5 Å². The average Bonchev–Trinajstić information content (AvgIpc) is 2.55. The highest BCUT2D eigenvalue weighted by Gasteiger charge is 2.16. The van der Waals surface area contributed by atoms with Crippen LogP contribution in [0, 0.1) is 17.1 Å². The van der Waals surface area contributed by atoms with Gasteiger partial charge in [-0.05, 0) is 43.3 Å². The van der Waals surface area contributed by atoms with Crippen LogP contribution in [0.5, 0.6) is 0 Å². The summed E-state index contributed by atoms with van der Waals surface area (Å²) in [5.74, 6) is -0.570. The third-order valence-corrected chi connectivity index (χ3v) is 3.77. The Morgan fingerprint density at radius 2 is 2.09 bits per heavy atom. The van der Waals surface area contributed by atoms with Crippen molar-refractivity contribution < 1.29 is 9.18 Å². The maximum absolute atomic E-state index is 13.8. The third kappa shape index (κ3) is 3.71. The molecule has 0 aliphatic rings. The van der Waals surface area contributed by atoms with Crippen LogP contribution in [0.3, 0.4) is 0 Å². The first-order valence-corrected chi connectivity index (χ1v) is 7.57. The summed E-state index contributed by atoms with van der Waals surface area (Å²) < 4.78 is 14.6. The van der Waals surface area contributed by atoms with E-state index in [0.29, 0.717) is 23.2 Å². The third-order valence-electron chi connectivity index (χ3n) is 3.28. The highest BCUT2D eigenvalue weighted by Crippen LogP contribution is 2.18. The molecule has 0 aliphatic heterocycles. The first-order valence-electron chi connectivity index (χ1n) is 6.78. The zero-order chi connectivity index (χ0) is 16.1. The lowest BCUT2D eigenvalue weighted by atomic mass is 10.1. The minimum atomic E-state index is -0.347. The van der Waals surface area contributed by atoms with Crippen molar-refractivity contribution in [2.24, 2.45) is 0 Å². The molecule has 0 saturated carbocycles. The van der Waals surface area contributed by atoms with Gasteiger partial charge in [-0.1, -0.05) is 22.0 Å². The number of nitrogens with zero attached hydrogens (tertiary/aromatic N) is 2. The second-order valence-electron chi connectivity index (χ2n) is 4.75. The molecule has 0 spiro atoms. The van der Waals surface area contributed by atoms with Gasteiger partial charge in [0.2, 0.25) is 0 Å². The predicted octanol–water partition coefficient (Wildman–Crippen LogP) is 4.12. The number of nitriles is 1. The Bertz CT molecular complexity index is 740. The molecule has 3 nitrogen and oxygen atoms in total. The zero-order valence-corrected chi connectivity index (χ0v) is 13.6. The number of halogens is 2. The Balaban J connectivity index is 2.26. The van der Waals surface area contributed by atoms with Crippen LogP contribution in [-0.2, 0) is 6.54 Å². The summed E-state index contributed by atoms with van der Waals surface area (Å²) in [6.07, 6.45) is 0. The molecule has 0 unspecified atom stereocenters. The number of carbonyl (C=O) groups is 1. The summed E-state index contributed by atoms with van der Waals surface area (Å²) >= 11 is 3.30. The van der Waals surface area contributed by atoms with Crippen LogP contribution in [0.25, 0.3) is 0 Å². The Kier molecular flexibility index (Phi) is 5.29. The first-order chi connectivity index (χ1) is 10.5. The van der Waals surface area contributed by atoms with Crippen molar-refractivity contribution in [1.29, 1.82) is 5.26 Å². The minimum absolute atomic E-state index is 0.178. The molecule has 0 fully saturated rings. The van der Waals surface area contributed by atoms with Crippen LogP contribution in [0.1, 0.15) is 28.4 Å². The van der Waals surface area contributed by atoms with Gasteiger partial charge in [-0.25, -0.2) is 4.39 Å². The van der Waals surface area contributed by atoms with Crippen molar-refractivity contribution in [3.63, 3.8) is 0 Å². The average molecular weight is 361 g/mol. The lowest BCUT2D eigenvalue weighted by Crippen LogP contribution is -2.30. The summed E-state index contributed by atoms with van der Waals surface area (Å²) in [6.45, 7) is 2.46. The van der Waals surface area contributed by atoms with E-state index in [1.165, 1.54) is 6.07 Å². The number of benzene rings is 2. The van der Waals surface area contributed by atoms with Crippen molar-refractivity contribution in [3.05, 3.63) is 69.4 Å². The molecule has 2 aromatic carbocycles. The van der Waals surface area contributed by atoms with E-state index in [2.05, 4.69) is 15.9 Å². The van der Waals surface area contributed by atoms with Crippen molar-refractivity contribution >= 4 is 21.8 Å². The number of carbonyl (C=O) groups excluding carboxylic acids is 1. The molecular weight excluding hydrogens is 347 g/mol. The van der Waals surface area contributed by atoms with Gasteiger partial charge >= 0.3 is 0 Å². The fourth-order valence-electron chi connectivity index (χ4n) is 2.10. The second-order valence-corrected chi connectivity index (χ2v) is 5.66. The van der Waals surface area contributed by atoms with E-state index >= 15 is 0 Å². The number of rotatable bonds is 4. The lowest BCUT2D eigenvalue weighted by molar-refractivity contribution is 0.0751. The molecule has 0 radical (unpaired) electrons. The SMILES string of the molecule is CCN(Cc1cc(Br)ccc1F)C(=O)c1cccc(C#N)c1. The molecule has 0 atom stereocenters. The van der Waals surface area contributed by atoms with E-state index in [9.17, 15) is 9.18 Å². The van der Waals surface area contributed by atoms with Gasteiger partial charge in [0.15, 0.2) is 0 Å². The van der Waals surface area contributed by atoms with Gasteiger partial charge in [0.05, 0.1) is 11.6 Å². The fourth-order valence-corrected chi connectivity index (χ4v) is 2.51. The van der Waals surface area contributed by atoms with Crippen molar-refractivity contribution in [1.82, 2.24) is 4.90 Å². The highest BCUT2D eigenvalue weighted by atomic mass is 79.9. The van der Waals surface area contributed by atoms with E-state index in [4.69, 9.17) is 5.26 Å². The monoisotopic (exact) mass is 360 g/mol. The molecule has 5 heteroatoms. The number of hydrogen-bond donors (Lipinski definition) is 0. The van der Waals surface area contributed by atoms with Crippen molar-refractivity contribution in [3.8, 4) is 6.07 Å². The van der Waals surface area contributed by atoms with Crippen LogP contribution in [0.4, 0.5) is 4.39 Å². The van der Waals surface area contributed by atoms with Gasteiger partial charge in [0.1, 0.15) is 5.82 Å². The van der Waals surface area contributed by atoms with Crippen molar-refractivity contribution in [2.75, 3.05) is 6.54 Å². The van der Waals surface area contributed by atoms with Crippen LogP contribution in [0.2, 0.25) is 0 Å². The van der Waals surface area contributed by atoms with E-state index < -0.39 is 0 Å². The van der Waals surface area contributed by atoms with Crippen LogP contribution >= 0.6 is 15.9 Å². The molecule has 0 aromatic heterocycles. The van der Waals surface area contributed by atoms with Crippen LogP contribution in [0.15, 0.2) is 46.9 Å². The predicted molar refractivity (Wildman–Crippen MR) is 85.7 cm³/mol. The molecule has 112 valence electrons. The molecule has 22 heavy (non-hydrogen) atoms. The van der Waals surface area contributed by atoms with E-state index in [1.807, 2.05) is 13.0 Å². The summed E-state index contributed by atoms with van der Waals surface area (Å²) in [7, 11) is 0. The summed E-state index contributed by atoms with van der Waals surface area (Å²) in [5, 5.41) is 8.91. The second kappa shape index (κ2) is 7.19. The molecule has 2 aromatic rings. The quantitative estimate of drug-likeness (QED) is 0.822. The van der Waals surface area contributed by atoms with Crippen LogP contribution < -0.4 is 0 Å². The Morgan fingerprint density at radius 3 is 2.77 bits per heavy atom. The van der Waals surface area contributed by atoms with Gasteiger partial charge in [-0.3, -0.25) is 4.79 Å². The van der Waals surface area contributed by atoms with Crippen LogP contribution in [-0.4, -0.2) is 17.4 Å². The van der Waals surface area contributed by atoms with E-state index in [0.717, 1.165) is 4.47 Å². The Hall–Kier alpha value is -2.19. The maximum Gasteiger partial charge on any atom is 0.254 e. The number of hydrogen-bond acceptors (Lipinski definition) is 2.